The molecule has 1 amide bonds. The highest BCUT2D eigenvalue weighted by Gasteiger charge is 2.24. The maximum Gasteiger partial charge on any atom is 0.250 e. The van der Waals surface area contributed by atoms with Gasteiger partial charge >= 0.3 is 0 Å². The number of hydrogen-bond acceptors (Lipinski definition) is 5. The van der Waals surface area contributed by atoms with Gasteiger partial charge in [0.25, 0.3) is 5.91 Å². The number of carbonyl (C=O) groups is 1. The number of tetrazole rings is 1. The number of aryl methyl sites for hydroxylation is 1. The van der Waals surface area contributed by atoms with Crippen LogP contribution in [-0.4, -0.2) is 37.9 Å². The van der Waals surface area contributed by atoms with E-state index in [4.69, 9.17) is 0 Å². The number of para-hydroxylation sites is 1. The Morgan fingerprint density at radius 2 is 1.96 bits per heavy atom. The van der Waals surface area contributed by atoms with Crippen LogP contribution in [0.2, 0.25) is 0 Å². The van der Waals surface area contributed by atoms with E-state index >= 15 is 0 Å². The van der Waals surface area contributed by atoms with Crippen LogP contribution in [0.5, 0.6) is 0 Å². The maximum atomic E-state index is 13.0. The number of rotatable bonds is 3. The van der Waals surface area contributed by atoms with E-state index in [1.165, 1.54) is 4.80 Å². The van der Waals surface area contributed by atoms with Gasteiger partial charge in [0.1, 0.15) is 6.54 Å². The molecule has 4 rings (SSSR count). The molecule has 27 heavy (non-hydrogen) atoms. The van der Waals surface area contributed by atoms with Crippen LogP contribution in [0.4, 0.5) is 5.69 Å². The van der Waals surface area contributed by atoms with E-state index in [9.17, 15) is 4.79 Å². The zero-order valence-electron chi connectivity index (χ0n) is 15.4. The number of carbonyl (C=O) groups excluding carboxylic acids is 1. The van der Waals surface area contributed by atoms with Crippen LogP contribution in [0.1, 0.15) is 18.9 Å². The first-order valence-corrected chi connectivity index (χ1v) is 9.89. The topological polar surface area (TPSA) is 63.9 Å². The van der Waals surface area contributed by atoms with Crippen molar-refractivity contribution in [3.63, 3.8) is 0 Å². The van der Waals surface area contributed by atoms with Crippen molar-refractivity contribution < 1.29 is 4.79 Å². The lowest BCUT2D eigenvalue weighted by Crippen LogP contribution is -2.35. The van der Waals surface area contributed by atoms with Gasteiger partial charge in [0, 0.05) is 22.3 Å². The molecule has 1 aromatic heterocycles. The molecular formula is C20H21N5OS. The van der Waals surface area contributed by atoms with Crippen molar-refractivity contribution in [1.82, 2.24) is 20.2 Å². The summed E-state index contributed by atoms with van der Waals surface area (Å²) in [4.78, 5) is 17.4. The lowest BCUT2D eigenvalue weighted by atomic mass is 10.1. The smallest absolute Gasteiger partial charge is 0.250 e. The van der Waals surface area contributed by atoms with Gasteiger partial charge in [-0.15, -0.1) is 22.0 Å². The summed E-state index contributed by atoms with van der Waals surface area (Å²) in [7, 11) is 0. The first-order valence-electron chi connectivity index (χ1n) is 9.01. The fraction of sp³-hybridized carbons (Fsp3) is 0.300. The third kappa shape index (κ3) is 3.73. The van der Waals surface area contributed by atoms with Gasteiger partial charge < -0.3 is 4.90 Å². The molecule has 1 unspecified atom stereocenters. The van der Waals surface area contributed by atoms with Crippen LogP contribution in [0.15, 0.2) is 53.4 Å². The van der Waals surface area contributed by atoms with E-state index < -0.39 is 0 Å². The van der Waals surface area contributed by atoms with Crippen LogP contribution in [0, 0.1) is 6.92 Å². The third-order valence-electron chi connectivity index (χ3n) is 4.66. The quantitative estimate of drug-likeness (QED) is 0.696. The molecule has 0 fully saturated rings. The van der Waals surface area contributed by atoms with E-state index in [1.54, 1.807) is 0 Å². The van der Waals surface area contributed by atoms with Crippen LogP contribution in [-0.2, 0) is 11.3 Å². The summed E-state index contributed by atoms with van der Waals surface area (Å²) in [5.41, 5.74) is 2.98. The number of amides is 1. The third-order valence-corrected chi connectivity index (χ3v) is 5.90. The van der Waals surface area contributed by atoms with Crippen LogP contribution < -0.4 is 4.90 Å². The highest BCUT2D eigenvalue weighted by Crippen LogP contribution is 2.37. The first kappa shape index (κ1) is 17.7. The van der Waals surface area contributed by atoms with E-state index in [1.807, 2.05) is 66.1 Å². The molecule has 1 aliphatic rings. The minimum absolute atomic E-state index is 0.0223. The van der Waals surface area contributed by atoms with Gasteiger partial charge in [-0.25, -0.2) is 0 Å². The van der Waals surface area contributed by atoms with Crippen molar-refractivity contribution in [2.24, 2.45) is 0 Å². The number of thioether (sulfide) groups is 1. The Morgan fingerprint density at radius 3 is 2.81 bits per heavy atom. The van der Waals surface area contributed by atoms with Crippen molar-refractivity contribution >= 4 is 23.4 Å². The fourth-order valence-electron chi connectivity index (χ4n) is 3.19. The molecule has 138 valence electrons. The molecule has 6 nitrogen and oxygen atoms in total. The Kier molecular flexibility index (Phi) is 4.94. The summed E-state index contributed by atoms with van der Waals surface area (Å²) in [5.74, 6) is 0.521. The highest BCUT2D eigenvalue weighted by atomic mass is 32.2. The lowest BCUT2D eigenvalue weighted by molar-refractivity contribution is -0.119. The molecule has 0 bridgehead atoms. The van der Waals surface area contributed by atoms with E-state index in [0.29, 0.717) is 17.6 Å². The average Bonchev–Trinajstić information content (AvgIpc) is 3.04. The molecule has 0 saturated heterocycles. The van der Waals surface area contributed by atoms with Gasteiger partial charge in [0.05, 0.1) is 5.69 Å². The van der Waals surface area contributed by atoms with Crippen LogP contribution >= 0.6 is 11.8 Å². The maximum absolute atomic E-state index is 13.0. The Balaban J connectivity index is 1.56. The number of nitrogens with zero attached hydrogens (tertiary/aromatic N) is 5. The largest absolute Gasteiger partial charge is 0.310 e. The average molecular weight is 379 g/mol. The van der Waals surface area contributed by atoms with Crippen LogP contribution in [0.3, 0.4) is 0 Å². The molecule has 3 aromatic rings. The van der Waals surface area contributed by atoms with Crippen LogP contribution in [0.25, 0.3) is 11.4 Å². The Labute approximate surface area is 162 Å². The summed E-state index contributed by atoms with van der Waals surface area (Å²) in [6, 6.07) is 16.0. The number of benzene rings is 2. The summed E-state index contributed by atoms with van der Waals surface area (Å²) in [6.45, 7) is 4.98. The molecule has 1 atom stereocenters. The van der Waals surface area contributed by atoms with Gasteiger partial charge in [0.15, 0.2) is 0 Å². The summed E-state index contributed by atoms with van der Waals surface area (Å²) in [5, 5.41) is 13.1. The van der Waals surface area contributed by atoms with Gasteiger partial charge in [-0.1, -0.05) is 43.3 Å². The van der Waals surface area contributed by atoms with E-state index in [-0.39, 0.29) is 12.5 Å². The number of anilines is 1. The highest BCUT2D eigenvalue weighted by molar-refractivity contribution is 8.00. The molecular weight excluding hydrogens is 358 g/mol. The van der Waals surface area contributed by atoms with Gasteiger partial charge in [0.2, 0.25) is 5.82 Å². The molecule has 1 aliphatic heterocycles. The molecule has 2 aromatic carbocycles. The molecule has 0 saturated carbocycles. The molecule has 0 N–H and O–H groups in total. The second-order valence-electron chi connectivity index (χ2n) is 6.69. The predicted molar refractivity (Wildman–Crippen MR) is 107 cm³/mol. The first-order chi connectivity index (χ1) is 13.1. The van der Waals surface area contributed by atoms with Gasteiger partial charge in [-0.3, -0.25) is 4.79 Å². The number of fused-ring (bicyclic) bond motifs is 1. The zero-order chi connectivity index (χ0) is 18.8. The second kappa shape index (κ2) is 7.52. The van der Waals surface area contributed by atoms with Crippen molar-refractivity contribution in [3.8, 4) is 11.4 Å². The molecule has 0 radical (unpaired) electrons. The Hall–Kier alpha value is -2.67. The molecule has 0 aliphatic carbocycles. The zero-order valence-corrected chi connectivity index (χ0v) is 16.2. The predicted octanol–water partition coefficient (Wildman–Crippen LogP) is 3.57. The number of hydrogen-bond donors (Lipinski definition) is 0. The minimum atomic E-state index is -0.0223. The molecule has 2 heterocycles. The van der Waals surface area contributed by atoms with Gasteiger partial charge in [-0.05, 0) is 36.3 Å². The summed E-state index contributed by atoms with van der Waals surface area (Å²) in [6.07, 6.45) is 0.949. The lowest BCUT2D eigenvalue weighted by Gasteiger charge is -2.22. The number of aromatic nitrogens is 4. The van der Waals surface area contributed by atoms with E-state index in [0.717, 1.165) is 28.1 Å². The normalized spacial score (nSPS) is 16.7. The standard InChI is InChI=1S/C20H21N5OS/c1-14-7-3-4-8-16(14)20-21-23-25(22-20)13-19(26)24-12-11-15(2)27-18-10-6-5-9-17(18)24/h3-10,15H,11-13H2,1-2H3. The second-order valence-corrected chi connectivity index (χ2v) is 8.17. The minimum Gasteiger partial charge on any atom is -0.310 e. The van der Waals surface area contributed by atoms with Gasteiger partial charge in [-0.2, -0.15) is 4.80 Å². The Bertz CT molecular complexity index is 970. The van der Waals surface area contributed by atoms with Crippen molar-refractivity contribution in [2.75, 3.05) is 11.4 Å². The van der Waals surface area contributed by atoms with Crippen molar-refractivity contribution in [3.05, 3.63) is 54.1 Å². The monoisotopic (exact) mass is 379 g/mol. The molecule has 0 spiro atoms. The van der Waals surface area contributed by atoms with Crippen molar-refractivity contribution in [2.45, 2.75) is 37.0 Å². The summed E-state index contributed by atoms with van der Waals surface area (Å²) >= 11 is 1.82. The van der Waals surface area contributed by atoms with Crippen molar-refractivity contribution in [1.29, 1.82) is 0 Å². The SMILES string of the molecule is Cc1ccccc1-c1nnn(CC(=O)N2CCC(C)Sc3ccccc32)n1. The summed E-state index contributed by atoms with van der Waals surface area (Å²) < 4.78 is 0. The molecule has 7 heteroatoms. The van der Waals surface area contributed by atoms with E-state index in [2.05, 4.69) is 28.4 Å². The fourth-order valence-corrected chi connectivity index (χ4v) is 4.31. The Morgan fingerprint density at radius 1 is 1.19 bits per heavy atom.